The molecule has 6 aromatic carbocycles. The van der Waals surface area contributed by atoms with E-state index < -0.39 is 5.97 Å². The highest BCUT2D eigenvalue weighted by molar-refractivity contribution is 8.03. The minimum Gasteiger partial charge on any atom is -0.468 e. The first-order valence-electron chi connectivity index (χ1n) is 18.8. The first-order valence-corrected chi connectivity index (χ1v) is 22.3. The first kappa shape index (κ1) is 49.0. The Morgan fingerprint density at radius 2 is 0.750 bits per heavy atom. The van der Waals surface area contributed by atoms with Crippen molar-refractivity contribution in [2.45, 2.75) is 15.7 Å². The highest BCUT2D eigenvalue weighted by Crippen LogP contribution is 2.38. The maximum atomic E-state index is 11.3. The predicted octanol–water partition coefficient (Wildman–Crippen LogP) is 11.0. The number of hydrogen-bond acceptors (Lipinski definition) is 9. The zero-order valence-electron chi connectivity index (χ0n) is 33.7. The van der Waals surface area contributed by atoms with Crippen molar-refractivity contribution in [1.82, 2.24) is 0 Å². The normalized spacial score (nSPS) is 10.2. The monoisotopic (exact) mass is 878 g/mol. The fourth-order valence-corrected chi connectivity index (χ4v) is 8.60. The number of hydrogen-bond donors (Lipinski definition) is 2. The Morgan fingerprint density at radius 1 is 0.483 bits per heavy atom. The van der Waals surface area contributed by atoms with E-state index in [0.29, 0.717) is 16.5 Å². The molecule has 0 saturated carbocycles. The van der Waals surface area contributed by atoms with Gasteiger partial charge in [0.2, 0.25) is 5.91 Å². The second-order valence-corrected chi connectivity index (χ2v) is 16.2. The summed E-state index contributed by atoms with van der Waals surface area (Å²) in [4.78, 5) is 32.1. The van der Waals surface area contributed by atoms with Gasteiger partial charge in [-0.2, -0.15) is 0 Å². The first-order chi connectivity index (χ1) is 29.2. The van der Waals surface area contributed by atoms with E-state index in [2.05, 4.69) is 84.1 Å². The van der Waals surface area contributed by atoms with Gasteiger partial charge < -0.3 is 20.9 Å². The summed E-state index contributed by atoms with van der Waals surface area (Å²) in [5.74, 6) is -0.244. The summed E-state index contributed by atoms with van der Waals surface area (Å²) in [7, 11) is 2.72. The molecule has 0 fully saturated rings. The molecular formula is C49H51ClN2O5S3. The van der Waals surface area contributed by atoms with Gasteiger partial charge in [0.1, 0.15) is 5.88 Å². The molecule has 0 radical (unpaired) electrons. The Hall–Kier alpha value is -5.39. The number of nitrogens with two attached hydrogens (primary N) is 2. The molecular weight excluding hydrogens is 828 g/mol. The van der Waals surface area contributed by atoms with E-state index in [0.717, 1.165) is 0 Å². The van der Waals surface area contributed by atoms with Gasteiger partial charge in [-0.25, -0.2) is 0 Å². The highest BCUT2D eigenvalue weighted by Gasteiger charge is 2.17. The molecule has 0 unspecified atom stereocenters. The number of primary amides is 1. The number of esters is 2. The number of carbonyl (C=O) groups excluding carboxylic acids is 3. The predicted molar refractivity (Wildman–Crippen MR) is 254 cm³/mol. The third-order valence-corrected chi connectivity index (χ3v) is 12.1. The summed E-state index contributed by atoms with van der Waals surface area (Å²) in [6, 6.07) is 61.4. The number of ether oxygens (including phenoxy) is 2. The molecule has 60 heavy (non-hydrogen) atoms. The minimum atomic E-state index is -0.392. The van der Waals surface area contributed by atoms with Crippen LogP contribution in [0.3, 0.4) is 0 Å². The van der Waals surface area contributed by atoms with Gasteiger partial charge in [-0.1, -0.05) is 200 Å². The van der Waals surface area contributed by atoms with Crippen LogP contribution >= 0.6 is 46.9 Å². The molecule has 0 saturated heterocycles. The molecule has 11 heteroatoms. The van der Waals surface area contributed by atoms with E-state index in [1.54, 1.807) is 35.3 Å². The van der Waals surface area contributed by atoms with Crippen molar-refractivity contribution in [2.75, 3.05) is 31.6 Å². The summed E-state index contributed by atoms with van der Waals surface area (Å²) < 4.78 is 8.84. The third-order valence-electron chi connectivity index (χ3n) is 8.21. The molecule has 6 rings (SSSR count). The van der Waals surface area contributed by atoms with E-state index in [-0.39, 0.29) is 33.5 Å². The number of benzene rings is 6. The van der Waals surface area contributed by atoms with Crippen LogP contribution in [-0.4, -0.2) is 49.5 Å². The van der Waals surface area contributed by atoms with Crippen molar-refractivity contribution in [1.29, 1.82) is 0 Å². The van der Waals surface area contributed by atoms with Gasteiger partial charge in [0, 0.05) is 0 Å². The van der Waals surface area contributed by atoms with E-state index >= 15 is 0 Å². The van der Waals surface area contributed by atoms with Crippen molar-refractivity contribution in [2.24, 2.45) is 11.5 Å². The highest BCUT2D eigenvalue weighted by atomic mass is 35.5. The lowest BCUT2D eigenvalue weighted by Crippen LogP contribution is -2.14. The van der Waals surface area contributed by atoms with E-state index in [4.69, 9.17) is 27.8 Å². The number of halogens is 1. The molecule has 0 spiro atoms. The topological polar surface area (TPSA) is 122 Å². The number of rotatable bonds is 15. The lowest BCUT2D eigenvalue weighted by Gasteiger charge is -2.17. The van der Waals surface area contributed by atoms with Gasteiger partial charge >= 0.3 is 11.9 Å². The fourth-order valence-electron chi connectivity index (χ4n) is 5.45. The van der Waals surface area contributed by atoms with Crippen LogP contribution in [0, 0.1) is 0 Å². The lowest BCUT2D eigenvalue weighted by atomic mass is 10.0. The minimum absolute atomic E-state index is 0.0590. The van der Waals surface area contributed by atoms with Gasteiger partial charge in [0.15, 0.2) is 0 Å². The summed E-state index contributed by atoms with van der Waals surface area (Å²) in [5.41, 5.74) is 18.2. The maximum Gasteiger partial charge on any atom is 0.320 e. The van der Waals surface area contributed by atoms with Crippen molar-refractivity contribution < 1.29 is 23.9 Å². The Kier molecular flexibility index (Phi) is 23.6. The Labute approximate surface area is 372 Å². The molecule has 1 amide bonds. The molecule has 0 aromatic heterocycles. The quantitative estimate of drug-likeness (QED) is 0.0767. The molecule has 0 bridgehead atoms. The van der Waals surface area contributed by atoms with Crippen molar-refractivity contribution in [3.05, 3.63) is 227 Å². The molecule has 0 aliphatic heterocycles. The van der Waals surface area contributed by atoms with Crippen LogP contribution in [0.2, 0.25) is 0 Å². The van der Waals surface area contributed by atoms with Crippen LogP contribution in [0.1, 0.15) is 49.1 Å². The second-order valence-electron chi connectivity index (χ2n) is 12.6. The SMILES string of the molecule is C=C(N)SC(c1ccccc1)c1ccccc1.COC(=O)CCl.COC(=O)CSC(c1ccccc1)c1ccccc1.NC(=O)CSC(c1ccccc1)c1ccccc1. The molecule has 312 valence electrons. The van der Waals surface area contributed by atoms with Crippen LogP contribution < -0.4 is 11.5 Å². The van der Waals surface area contributed by atoms with Gasteiger partial charge in [0.05, 0.1) is 46.5 Å². The standard InChI is InChI=1S/C16H16O2S.C15H15NOS.C15H15NS.C3H5ClO2/c1-18-15(17)12-19-16(13-8-4-2-5-9-13)14-10-6-3-7-11-14;16-14(17)11-18-15(12-7-3-1-4-8-12)13-9-5-2-6-10-13;1-12(16)17-15(13-8-4-2-5-9-13)14-10-6-3-7-11-14;1-6-3(5)2-4/h2-11,16H,12H2,1H3;1-10,15H,11H2,(H2,16,17);2-11,15H,1,16H2;2H2,1H3. The van der Waals surface area contributed by atoms with Crippen LogP contribution in [0.4, 0.5) is 0 Å². The summed E-state index contributed by atoms with van der Waals surface area (Å²) in [6.07, 6.45) is 0. The average Bonchev–Trinajstić information content (AvgIpc) is 3.30. The zero-order chi connectivity index (χ0) is 43.4. The molecule has 0 aliphatic carbocycles. The van der Waals surface area contributed by atoms with Crippen molar-refractivity contribution >= 4 is 64.7 Å². The lowest BCUT2D eigenvalue weighted by molar-refractivity contribution is -0.138. The molecule has 0 atom stereocenters. The Bertz CT molecular complexity index is 1980. The molecule has 4 N–H and O–H groups in total. The van der Waals surface area contributed by atoms with Gasteiger partial charge in [-0.15, -0.1) is 35.1 Å². The molecule has 0 heterocycles. The van der Waals surface area contributed by atoms with Crippen LogP contribution in [-0.2, 0) is 23.9 Å². The molecule has 6 aromatic rings. The molecule has 0 aliphatic rings. The average molecular weight is 880 g/mol. The number of methoxy groups -OCH3 is 2. The number of carbonyl (C=O) groups is 3. The second kappa shape index (κ2) is 28.9. The van der Waals surface area contributed by atoms with Gasteiger partial charge in [-0.3, -0.25) is 14.4 Å². The number of amides is 1. The molecule has 7 nitrogen and oxygen atoms in total. The summed E-state index contributed by atoms with van der Waals surface area (Å²) in [6.45, 7) is 3.79. The van der Waals surface area contributed by atoms with Crippen molar-refractivity contribution in [3.63, 3.8) is 0 Å². The number of thioether (sulfide) groups is 3. The van der Waals surface area contributed by atoms with E-state index in [1.807, 2.05) is 109 Å². The van der Waals surface area contributed by atoms with Crippen LogP contribution in [0.5, 0.6) is 0 Å². The van der Waals surface area contributed by atoms with Crippen LogP contribution in [0.25, 0.3) is 0 Å². The van der Waals surface area contributed by atoms with Crippen LogP contribution in [0.15, 0.2) is 194 Å². The third kappa shape index (κ3) is 18.7. The summed E-state index contributed by atoms with van der Waals surface area (Å²) >= 11 is 9.71. The smallest absolute Gasteiger partial charge is 0.320 e. The maximum absolute atomic E-state index is 11.3. The Morgan fingerprint density at radius 3 is 0.967 bits per heavy atom. The zero-order valence-corrected chi connectivity index (χ0v) is 36.9. The van der Waals surface area contributed by atoms with E-state index in [1.165, 1.54) is 47.6 Å². The Balaban J connectivity index is 0.000000225. The largest absolute Gasteiger partial charge is 0.468 e. The summed E-state index contributed by atoms with van der Waals surface area (Å²) in [5, 5.41) is 1.17. The van der Waals surface area contributed by atoms with E-state index in [9.17, 15) is 14.4 Å². The number of alkyl halides is 1. The van der Waals surface area contributed by atoms with Crippen molar-refractivity contribution in [3.8, 4) is 0 Å². The van der Waals surface area contributed by atoms with Gasteiger partial charge in [0.25, 0.3) is 0 Å². The fraction of sp³-hybridized carbons (Fsp3) is 0.163. The van der Waals surface area contributed by atoms with Gasteiger partial charge in [-0.05, 0) is 33.4 Å².